The summed E-state index contributed by atoms with van der Waals surface area (Å²) in [6.45, 7) is 3.30. The van der Waals surface area contributed by atoms with Gasteiger partial charge in [0.05, 0.1) is 5.92 Å². The Morgan fingerprint density at radius 2 is 2.25 bits per heavy atom. The van der Waals surface area contributed by atoms with Gasteiger partial charge in [-0.2, -0.15) is 0 Å². The lowest BCUT2D eigenvalue weighted by Crippen LogP contribution is -2.34. The number of benzene rings is 1. The predicted molar refractivity (Wildman–Crippen MR) is 100 cm³/mol. The lowest BCUT2D eigenvalue weighted by Gasteiger charge is -2.17. The molecule has 0 saturated carbocycles. The molecule has 2 aliphatic heterocycles. The van der Waals surface area contributed by atoms with Gasteiger partial charge in [0.1, 0.15) is 0 Å². The van der Waals surface area contributed by atoms with Crippen molar-refractivity contribution in [2.24, 2.45) is 11.8 Å². The molecular weight excluding hydrogens is 394 g/mol. The third-order valence-corrected chi connectivity index (χ3v) is 5.12. The molecule has 2 unspecified atom stereocenters. The Bertz CT molecular complexity index is 593. The van der Waals surface area contributed by atoms with E-state index in [4.69, 9.17) is 0 Å². The van der Waals surface area contributed by atoms with Crippen LogP contribution in [0.25, 0.3) is 0 Å². The lowest BCUT2D eigenvalue weighted by atomic mass is 10.0. The van der Waals surface area contributed by atoms with Crippen molar-refractivity contribution in [1.82, 2.24) is 10.6 Å². The number of hydrogen-bond donors (Lipinski definition) is 2. The van der Waals surface area contributed by atoms with E-state index in [0.717, 1.165) is 29.7 Å². The number of hydrogen-bond acceptors (Lipinski definition) is 3. The molecule has 0 aromatic heterocycles. The molecule has 5 nitrogen and oxygen atoms in total. The number of anilines is 1. The fourth-order valence-corrected chi connectivity index (χ4v) is 3.67. The highest BCUT2D eigenvalue weighted by atomic mass is 79.9. The van der Waals surface area contributed by atoms with Gasteiger partial charge in [-0.3, -0.25) is 9.59 Å². The molecule has 7 heteroatoms. The van der Waals surface area contributed by atoms with Crippen LogP contribution in [0.2, 0.25) is 0 Å². The minimum atomic E-state index is -0.247. The van der Waals surface area contributed by atoms with Crippen molar-refractivity contribution in [1.29, 1.82) is 0 Å². The standard InChI is InChI=1S/C17H22BrN3O2.ClH/c18-14-2-1-3-15(9-14)21-11-13(8-16(21)22)17(23)20-7-5-12-4-6-19-10-12;/h1-3,9,12-13,19H,4-8,10-11H2,(H,20,23);1H. The molecule has 0 aliphatic carbocycles. The average Bonchev–Trinajstić information content (AvgIpc) is 3.16. The Hall–Kier alpha value is -1.11. The van der Waals surface area contributed by atoms with Crippen LogP contribution in [0.1, 0.15) is 19.3 Å². The van der Waals surface area contributed by atoms with Gasteiger partial charge < -0.3 is 15.5 Å². The minimum Gasteiger partial charge on any atom is -0.356 e. The van der Waals surface area contributed by atoms with E-state index in [1.807, 2.05) is 24.3 Å². The van der Waals surface area contributed by atoms with Crippen LogP contribution >= 0.6 is 28.3 Å². The molecule has 2 atom stereocenters. The van der Waals surface area contributed by atoms with Gasteiger partial charge in [-0.05, 0) is 50.0 Å². The molecule has 2 saturated heterocycles. The first-order chi connectivity index (χ1) is 11.1. The molecule has 2 aliphatic rings. The zero-order valence-corrected chi connectivity index (χ0v) is 15.9. The third-order valence-electron chi connectivity index (χ3n) is 4.63. The maximum absolute atomic E-state index is 12.3. The molecule has 0 bridgehead atoms. The van der Waals surface area contributed by atoms with E-state index in [-0.39, 0.29) is 30.1 Å². The SMILES string of the molecule is Cl.O=C(NCCC1CCNC1)C1CC(=O)N(c2cccc(Br)c2)C1. The Labute approximate surface area is 157 Å². The van der Waals surface area contributed by atoms with E-state index in [9.17, 15) is 9.59 Å². The number of nitrogens with one attached hydrogen (secondary N) is 2. The zero-order chi connectivity index (χ0) is 16.2. The summed E-state index contributed by atoms with van der Waals surface area (Å²) in [6.07, 6.45) is 2.49. The summed E-state index contributed by atoms with van der Waals surface area (Å²) in [5.41, 5.74) is 0.844. The molecule has 2 N–H and O–H groups in total. The molecule has 2 heterocycles. The molecule has 1 aromatic carbocycles. The molecule has 2 fully saturated rings. The van der Waals surface area contributed by atoms with Crippen LogP contribution in [0, 0.1) is 11.8 Å². The summed E-state index contributed by atoms with van der Waals surface area (Å²) in [7, 11) is 0. The van der Waals surface area contributed by atoms with Gasteiger partial charge in [-0.1, -0.05) is 22.0 Å². The van der Waals surface area contributed by atoms with Crippen molar-refractivity contribution in [2.75, 3.05) is 31.1 Å². The number of nitrogens with zero attached hydrogens (tertiary/aromatic N) is 1. The maximum atomic E-state index is 12.3. The van der Waals surface area contributed by atoms with Gasteiger partial charge in [0.2, 0.25) is 11.8 Å². The summed E-state index contributed by atoms with van der Waals surface area (Å²) < 4.78 is 0.931. The second-order valence-electron chi connectivity index (χ2n) is 6.32. The number of carbonyl (C=O) groups is 2. The summed E-state index contributed by atoms with van der Waals surface area (Å²) in [5, 5.41) is 6.33. The monoisotopic (exact) mass is 415 g/mol. The van der Waals surface area contributed by atoms with Crippen LogP contribution in [0.15, 0.2) is 28.7 Å². The first-order valence-electron chi connectivity index (χ1n) is 8.18. The summed E-state index contributed by atoms with van der Waals surface area (Å²) in [4.78, 5) is 26.2. The predicted octanol–water partition coefficient (Wildman–Crippen LogP) is 2.34. The average molecular weight is 417 g/mol. The van der Waals surface area contributed by atoms with Crippen molar-refractivity contribution in [3.63, 3.8) is 0 Å². The molecule has 3 rings (SSSR count). The molecule has 24 heavy (non-hydrogen) atoms. The fourth-order valence-electron chi connectivity index (χ4n) is 3.28. The van der Waals surface area contributed by atoms with E-state index in [2.05, 4.69) is 26.6 Å². The van der Waals surface area contributed by atoms with Gasteiger partial charge in [-0.15, -0.1) is 12.4 Å². The Kier molecular flexibility index (Phi) is 7.07. The van der Waals surface area contributed by atoms with Crippen LogP contribution in [-0.2, 0) is 9.59 Å². The van der Waals surface area contributed by atoms with Crippen molar-refractivity contribution >= 4 is 45.8 Å². The number of amides is 2. The molecule has 0 radical (unpaired) electrons. The highest BCUT2D eigenvalue weighted by Gasteiger charge is 2.35. The summed E-state index contributed by atoms with van der Waals surface area (Å²) in [5.74, 6) is 0.437. The van der Waals surface area contributed by atoms with Crippen LogP contribution in [0.5, 0.6) is 0 Å². The summed E-state index contributed by atoms with van der Waals surface area (Å²) in [6, 6.07) is 7.63. The van der Waals surface area contributed by atoms with Crippen molar-refractivity contribution in [2.45, 2.75) is 19.3 Å². The van der Waals surface area contributed by atoms with E-state index in [1.54, 1.807) is 4.90 Å². The van der Waals surface area contributed by atoms with Crippen molar-refractivity contribution in [3.8, 4) is 0 Å². The number of rotatable bonds is 5. The smallest absolute Gasteiger partial charge is 0.227 e. The number of carbonyl (C=O) groups excluding carboxylic acids is 2. The first kappa shape index (κ1) is 19.2. The lowest BCUT2D eigenvalue weighted by molar-refractivity contribution is -0.126. The quantitative estimate of drug-likeness (QED) is 0.774. The Balaban J connectivity index is 0.00000208. The first-order valence-corrected chi connectivity index (χ1v) is 8.97. The van der Waals surface area contributed by atoms with Crippen molar-refractivity contribution < 1.29 is 9.59 Å². The van der Waals surface area contributed by atoms with Gasteiger partial charge in [-0.25, -0.2) is 0 Å². The summed E-state index contributed by atoms with van der Waals surface area (Å²) >= 11 is 3.42. The molecule has 2 amide bonds. The van der Waals surface area contributed by atoms with E-state index < -0.39 is 0 Å². The zero-order valence-electron chi connectivity index (χ0n) is 13.5. The third kappa shape index (κ3) is 4.71. The molecular formula is C17H23BrClN3O2. The van der Waals surface area contributed by atoms with Gasteiger partial charge in [0.25, 0.3) is 0 Å². The second kappa shape index (κ2) is 8.83. The van der Waals surface area contributed by atoms with E-state index in [1.165, 1.54) is 6.42 Å². The normalized spacial score (nSPS) is 23.2. The Morgan fingerprint density at radius 3 is 2.96 bits per heavy atom. The van der Waals surface area contributed by atoms with E-state index in [0.29, 0.717) is 25.4 Å². The molecule has 132 valence electrons. The maximum Gasteiger partial charge on any atom is 0.227 e. The number of halogens is 2. The van der Waals surface area contributed by atoms with Crippen LogP contribution < -0.4 is 15.5 Å². The van der Waals surface area contributed by atoms with Crippen LogP contribution in [0.4, 0.5) is 5.69 Å². The van der Waals surface area contributed by atoms with Gasteiger partial charge >= 0.3 is 0 Å². The molecule has 0 spiro atoms. The van der Waals surface area contributed by atoms with Crippen molar-refractivity contribution in [3.05, 3.63) is 28.7 Å². The highest BCUT2D eigenvalue weighted by molar-refractivity contribution is 9.10. The Morgan fingerprint density at radius 1 is 1.42 bits per heavy atom. The van der Waals surface area contributed by atoms with Gasteiger partial charge in [0, 0.05) is 29.7 Å². The van der Waals surface area contributed by atoms with E-state index >= 15 is 0 Å². The topological polar surface area (TPSA) is 61.4 Å². The highest BCUT2D eigenvalue weighted by Crippen LogP contribution is 2.27. The van der Waals surface area contributed by atoms with Crippen LogP contribution in [-0.4, -0.2) is 38.0 Å². The van der Waals surface area contributed by atoms with Gasteiger partial charge in [0.15, 0.2) is 0 Å². The largest absolute Gasteiger partial charge is 0.356 e. The minimum absolute atomic E-state index is 0. The second-order valence-corrected chi connectivity index (χ2v) is 7.24. The fraction of sp³-hybridized carbons (Fsp3) is 0.529. The molecule has 1 aromatic rings. The van der Waals surface area contributed by atoms with Crippen LogP contribution in [0.3, 0.4) is 0 Å².